The zero-order valence-electron chi connectivity index (χ0n) is 14.7. The van der Waals surface area contributed by atoms with E-state index in [2.05, 4.69) is 22.8 Å². The second-order valence-electron chi connectivity index (χ2n) is 6.76. The number of benzene rings is 1. The third kappa shape index (κ3) is 2.87. The normalized spacial score (nSPS) is 13.8. The van der Waals surface area contributed by atoms with Gasteiger partial charge in [0, 0.05) is 49.0 Å². The third-order valence-electron chi connectivity index (χ3n) is 5.06. The zero-order valence-corrected chi connectivity index (χ0v) is 14.7. The maximum absolute atomic E-state index is 12.6. The predicted molar refractivity (Wildman–Crippen MR) is 99.1 cm³/mol. The van der Waals surface area contributed by atoms with Crippen LogP contribution in [-0.2, 0) is 24.4 Å². The van der Waals surface area contributed by atoms with E-state index in [0.717, 1.165) is 12.2 Å². The van der Waals surface area contributed by atoms with Crippen LogP contribution >= 0.6 is 0 Å². The fourth-order valence-electron chi connectivity index (χ4n) is 3.73. The van der Waals surface area contributed by atoms with Gasteiger partial charge in [-0.1, -0.05) is 18.2 Å². The summed E-state index contributed by atoms with van der Waals surface area (Å²) in [6, 6.07) is 13.1. The van der Waals surface area contributed by atoms with Gasteiger partial charge in [-0.25, -0.2) is 0 Å². The fourth-order valence-corrected chi connectivity index (χ4v) is 3.73. The lowest BCUT2D eigenvalue weighted by Gasteiger charge is -2.29. The van der Waals surface area contributed by atoms with Crippen LogP contribution in [0.3, 0.4) is 0 Å². The van der Waals surface area contributed by atoms with Gasteiger partial charge in [0.05, 0.1) is 6.54 Å². The zero-order chi connectivity index (χ0) is 18.3. The largest absolute Gasteiger partial charge is 0.508 e. The van der Waals surface area contributed by atoms with Crippen LogP contribution in [0, 0.1) is 6.92 Å². The number of hydrogen-bond acceptors (Lipinski definition) is 3. The van der Waals surface area contributed by atoms with Gasteiger partial charge in [-0.15, -0.1) is 0 Å². The third-order valence-corrected chi connectivity index (χ3v) is 5.06. The highest BCUT2D eigenvalue weighted by Gasteiger charge is 2.22. The minimum Gasteiger partial charge on any atom is -0.508 e. The first-order valence-electron chi connectivity index (χ1n) is 8.78. The van der Waals surface area contributed by atoms with Crippen LogP contribution < -0.4 is 5.56 Å². The van der Waals surface area contributed by atoms with Gasteiger partial charge in [-0.05, 0) is 30.5 Å². The summed E-state index contributed by atoms with van der Waals surface area (Å²) in [5.41, 5.74) is 2.72. The number of aromatic hydroxyl groups is 1. The van der Waals surface area contributed by atoms with Crippen molar-refractivity contribution in [1.29, 1.82) is 0 Å². The molecule has 0 saturated carbocycles. The first kappa shape index (κ1) is 16.4. The summed E-state index contributed by atoms with van der Waals surface area (Å²) < 4.78 is 3.80. The van der Waals surface area contributed by atoms with Crippen molar-refractivity contribution in [2.45, 2.75) is 33.0 Å². The van der Waals surface area contributed by atoms with Gasteiger partial charge in [0.1, 0.15) is 5.75 Å². The van der Waals surface area contributed by atoms with Crippen molar-refractivity contribution in [3.05, 3.63) is 64.2 Å². The Balaban J connectivity index is 1.47. The van der Waals surface area contributed by atoms with E-state index < -0.39 is 0 Å². The molecule has 2 aromatic heterocycles. The molecule has 0 radical (unpaired) electrons. The average Bonchev–Trinajstić information content (AvgIpc) is 2.98. The Hall–Kier alpha value is -3.02. The summed E-state index contributed by atoms with van der Waals surface area (Å²) in [6.07, 6.45) is 0.270. The lowest BCUT2D eigenvalue weighted by Crippen LogP contribution is -2.38. The second-order valence-corrected chi connectivity index (χ2v) is 6.76. The van der Waals surface area contributed by atoms with Gasteiger partial charge in [0.2, 0.25) is 5.91 Å². The molecule has 3 aromatic rings. The summed E-state index contributed by atoms with van der Waals surface area (Å²) in [6.45, 7) is 4.13. The van der Waals surface area contributed by atoms with Crippen LogP contribution in [-0.4, -0.2) is 31.6 Å². The first-order chi connectivity index (χ1) is 12.5. The van der Waals surface area contributed by atoms with E-state index in [1.54, 1.807) is 6.92 Å². The molecule has 1 aromatic carbocycles. The molecule has 1 aliphatic heterocycles. The Kier molecular flexibility index (Phi) is 4.03. The lowest BCUT2D eigenvalue weighted by molar-refractivity contribution is -0.132. The van der Waals surface area contributed by atoms with E-state index in [0.29, 0.717) is 25.3 Å². The SMILES string of the molecule is Cc1cc(O)cc(=O)n1CCC(=O)N1CCn2c(cc3ccccc32)C1. The molecule has 134 valence electrons. The Morgan fingerprint density at radius 1 is 1.15 bits per heavy atom. The number of aromatic nitrogens is 2. The Bertz CT molecular complexity index is 1050. The highest BCUT2D eigenvalue weighted by atomic mass is 16.3. The smallest absolute Gasteiger partial charge is 0.254 e. The fraction of sp³-hybridized carbons (Fsp3) is 0.300. The first-order valence-corrected chi connectivity index (χ1v) is 8.78. The molecule has 6 nitrogen and oxygen atoms in total. The topological polar surface area (TPSA) is 67.5 Å². The van der Waals surface area contributed by atoms with Gasteiger partial charge in [-0.2, -0.15) is 0 Å². The average molecular weight is 351 g/mol. The van der Waals surface area contributed by atoms with Crippen LogP contribution in [0.2, 0.25) is 0 Å². The van der Waals surface area contributed by atoms with E-state index >= 15 is 0 Å². The number of hydrogen-bond donors (Lipinski definition) is 1. The number of carbonyl (C=O) groups excluding carboxylic acids is 1. The van der Waals surface area contributed by atoms with Gasteiger partial charge in [0.25, 0.3) is 5.56 Å². The maximum Gasteiger partial charge on any atom is 0.254 e. The number of amides is 1. The molecule has 0 saturated heterocycles. The predicted octanol–water partition coefficient (Wildman–Crippen LogP) is 2.25. The molecule has 3 heterocycles. The molecule has 1 aliphatic rings. The van der Waals surface area contributed by atoms with E-state index in [1.165, 1.54) is 27.6 Å². The summed E-state index contributed by atoms with van der Waals surface area (Å²) >= 11 is 0. The van der Waals surface area contributed by atoms with Crippen LogP contribution in [0.25, 0.3) is 10.9 Å². The number of fused-ring (bicyclic) bond motifs is 3. The number of aryl methyl sites for hydroxylation is 1. The lowest BCUT2D eigenvalue weighted by atomic mass is 10.2. The van der Waals surface area contributed by atoms with Gasteiger partial charge in [0.15, 0.2) is 0 Å². The molecule has 4 rings (SSSR count). The molecule has 0 fully saturated rings. The van der Waals surface area contributed by atoms with Crippen LogP contribution in [0.5, 0.6) is 5.75 Å². The molecule has 0 spiro atoms. The van der Waals surface area contributed by atoms with Gasteiger partial charge < -0.3 is 19.1 Å². The quantitative estimate of drug-likeness (QED) is 0.787. The maximum atomic E-state index is 12.6. The molecule has 0 aliphatic carbocycles. The van der Waals surface area contributed by atoms with Gasteiger partial charge >= 0.3 is 0 Å². The van der Waals surface area contributed by atoms with Crippen molar-refractivity contribution in [3.8, 4) is 5.75 Å². The number of nitrogens with zero attached hydrogens (tertiary/aromatic N) is 3. The highest BCUT2D eigenvalue weighted by Crippen LogP contribution is 2.24. The standard InChI is InChI=1S/C20H21N3O3/c1-14-10-17(24)12-20(26)22(14)7-6-19(25)21-8-9-23-16(13-21)11-15-4-2-3-5-18(15)23/h2-5,10-12,24H,6-9,13H2,1H3. The molecule has 6 heteroatoms. The Morgan fingerprint density at radius 2 is 1.96 bits per heavy atom. The minimum absolute atomic E-state index is 0.0425. The summed E-state index contributed by atoms with van der Waals surface area (Å²) in [5.74, 6) is -0.000170. The molecule has 0 bridgehead atoms. The summed E-state index contributed by atoms with van der Waals surface area (Å²) in [7, 11) is 0. The van der Waals surface area contributed by atoms with Crippen LogP contribution in [0.4, 0.5) is 0 Å². The minimum atomic E-state index is -0.283. The van der Waals surface area contributed by atoms with E-state index in [4.69, 9.17) is 0 Å². The second kappa shape index (κ2) is 6.37. The van der Waals surface area contributed by atoms with E-state index in [-0.39, 0.29) is 23.6 Å². The molecule has 1 amide bonds. The monoisotopic (exact) mass is 351 g/mol. The van der Waals surface area contributed by atoms with Gasteiger partial charge in [-0.3, -0.25) is 9.59 Å². The molecule has 0 unspecified atom stereocenters. The molecule has 26 heavy (non-hydrogen) atoms. The summed E-state index contributed by atoms with van der Waals surface area (Å²) in [4.78, 5) is 26.5. The molecular formula is C20H21N3O3. The molecule has 0 atom stereocenters. The van der Waals surface area contributed by atoms with Crippen molar-refractivity contribution in [3.63, 3.8) is 0 Å². The van der Waals surface area contributed by atoms with E-state index in [1.807, 2.05) is 17.0 Å². The van der Waals surface area contributed by atoms with Crippen molar-refractivity contribution < 1.29 is 9.90 Å². The van der Waals surface area contributed by atoms with Crippen LogP contribution in [0.1, 0.15) is 17.8 Å². The number of carbonyl (C=O) groups is 1. The van der Waals surface area contributed by atoms with E-state index in [9.17, 15) is 14.7 Å². The Labute approximate surface area is 150 Å². The molecular weight excluding hydrogens is 330 g/mol. The van der Waals surface area contributed by atoms with Crippen molar-refractivity contribution >= 4 is 16.8 Å². The van der Waals surface area contributed by atoms with Crippen molar-refractivity contribution in [2.24, 2.45) is 0 Å². The number of rotatable bonds is 3. The molecule has 1 N–H and O–H groups in total. The van der Waals surface area contributed by atoms with Crippen LogP contribution in [0.15, 0.2) is 47.3 Å². The number of para-hydroxylation sites is 1. The highest BCUT2D eigenvalue weighted by molar-refractivity contribution is 5.82. The Morgan fingerprint density at radius 3 is 2.77 bits per heavy atom. The van der Waals surface area contributed by atoms with Crippen molar-refractivity contribution in [2.75, 3.05) is 6.54 Å². The summed E-state index contributed by atoms with van der Waals surface area (Å²) in [5, 5.41) is 10.7. The number of pyridine rings is 1. The van der Waals surface area contributed by atoms with Crippen molar-refractivity contribution in [1.82, 2.24) is 14.0 Å².